The lowest BCUT2D eigenvalue weighted by molar-refractivity contribution is -0.119. The molecular formula is C17H26O5S. The molecule has 0 saturated heterocycles. The zero-order chi connectivity index (χ0) is 17.0. The van der Waals surface area contributed by atoms with Gasteiger partial charge in [-0.05, 0) is 60.5 Å². The number of hydrogen-bond acceptors (Lipinski definition) is 5. The molecule has 0 aliphatic heterocycles. The summed E-state index contributed by atoms with van der Waals surface area (Å²) in [4.78, 5) is 11.7. The Morgan fingerprint density at radius 1 is 1.35 bits per heavy atom. The van der Waals surface area contributed by atoms with Gasteiger partial charge in [0, 0.05) is 6.42 Å². The maximum absolute atomic E-state index is 11.7. The smallest absolute Gasteiger partial charge is 0.264 e. The maximum atomic E-state index is 11.7. The first-order valence-electron chi connectivity index (χ1n) is 8.42. The van der Waals surface area contributed by atoms with Gasteiger partial charge in [-0.2, -0.15) is 8.42 Å². The lowest BCUT2D eigenvalue weighted by atomic mass is 9.49. The second-order valence-electron chi connectivity index (χ2n) is 7.80. The van der Waals surface area contributed by atoms with Crippen LogP contribution < -0.4 is 0 Å². The van der Waals surface area contributed by atoms with E-state index in [1.807, 2.05) is 6.92 Å². The number of fused-ring (bicyclic) bond motifs is 3. The zero-order valence-corrected chi connectivity index (χ0v) is 14.8. The molecule has 3 aliphatic carbocycles. The van der Waals surface area contributed by atoms with Crippen LogP contribution in [0, 0.1) is 23.2 Å². The second-order valence-corrected chi connectivity index (χ2v) is 9.40. The lowest BCUT2D eigenvalue weighted by Crippen LogP contribution is -2.54. The van der Waals surface area contributed by atoms with E-state index in [1.54, 1.807) is 6.08 Å². The van der Waals surface area contributed by atoms with Gasteiger partial charge in [-0.1, -0.05) is 13.8 Å². The molecule has 130 valence electrons. The Morgan fingerprint density at radius 2 is 2.04 bits per heavy atom. The summed E-state index contributed by atoms with van der Waals surface area (Å²) >= 11 is 0. The fraction of sp³-hybridized carbons (Fsp3) is 0.824. The molecule has 0 bridgehead atoms. The summed E-state index contributed by atoms with van der Waals surface area (Å²) in [5.41, 5.74) is 0.900. The van der Waals surface area contributed by atoms with Crippen LogP contribution >= 0.6 is 0 Å². The molecule has 0 aromatic carbocycles. The molecule has 0 amide bonds. The first kappa shape index (κ1) is 17.1. The minimum absolute atomic E-state index is 0.00252. The number of rotatable bonds is 2. The van der Waals surface area contributed by atoms with E-state index in [9.17, 15) is 18.3 Å². The maximum Gasteiger partial charge on any atom is 0.264 e. The zero-order valence-electron chi connectivity index (χ0n) is 14.0. The molecule has 1 N–H and O–H groups in total. The SMILES string of the molecule is C[C@@H]1[C@@H](OS(C)(=O)=O)CC[C@]2(C)[C@H]3CCC(=O)C=C3[C@H](O)C[C@@H]12. The number of hydrogen-bond donors (Lipinski definition) is 1. The lowest BCUT2D eigenvalue weighted by Gasteiger charge is -2.57. The Kier molecular flexibility index (Phi) is 4.22. The van der Waals surface area contributed by atoms with Crippen molar-refractivity contribution in [2.24, 2.45) is 23.2 Å². The molecule has 0 aromatic rings. The molecule has 6 atom stereocenters. The number of aliphatic hydroxyl groups excluding tert-OH is 1. The fourth-order valence-corrected chi connectivity index (χ4v) is 5.99. The van der Waals surface area contributed by atoms with Gasteiger partial charge in [0.2, 0.25) is 0 Å². The van der Waals surface area contributed by atoms with Gasteiger partial charge < -0.3 is 5.11 Å². The average Bonchev–Trinajstić information content (AvgIpc) is 2.44. The minimum Gasteiger partial charge on any atom is -0.389 e. The molecule has 0 spiro atoms. The van der Waals surface area contributed by atoms with Gasteiger partial charge in [-0.15, -0.1) is 0 Å². The highest BCUT2D eigenvalue weighted by molar-refractivity contribution is 7.86. The second kappa shape index (κ2) is 5.67. The van der Waals surface area contributed by atoms with Gasteiger partial charge in [0.25, 0.3) is 10.1 Å². The number of carbonyl (C=O) groups excluding carboxylic acids is 1. The Labute approximate surface area is 138 Å². The van der Waals surface area contributed by atoms with Gasteiger partial charge in [0.1, 0.15) is 0 Å². The van der Waals surface area contributed by atoms with Crippen LogP contribution in [-0.2, 0) is 19.1 Å². The Hall–Kier alpha value is -0.720. The molecule has 3 aliphatic rings. The van der Waals surface area contributed by atoms with E-state index in [0.717, 1.165) is 24.7 Å². The summed E-state index contributed by atoms with van der Waals surface area (Å²) < 4.78 is 28.3. The van der Waals surface area contributed by atoms with Crippen molar-refractivity contribution >= 4 is 15.9 Å². The van der Waals surface area contributed by atoms with Crippen LogP contribution in [0.4, 0.5) is 0 Å². The molecule has 0 aromatic heterocycles. The van der Waals surface area contributed by atoms with E-state index in [2.05, 4.69) is 6.92 Å². The average molecular weight is 342 g/mol. The van der Waals surface area contributed by atoms with E-state index >= 15 is 0 Å². The van der Waals surface area contributed by atoms with Gasteiger partial charge in [-0.3, -0.25) is 8.98 Å². The molecule has 2 fully saturated rings. The van der Waals surface area contributed by atoms with Crippen molar-refractivity contribution in [1.82, 2.24) is 0 Å². The molecule has 0 heterocycles. The van der Waals surface area contributed by atoms with Crippen molar-refractivity contribution in [2.45, 2.75) is 58.2 Å². The van der Waals surface area contributed by atoms with Gasteiger partial charge in [0.15, 0.2) is 5.78 Å². The van der Waals surface area contributed by atoms with Crippen LogP contribution in [0.15, 0.2) is 11.6 Å². The molecule has 23 heavy (non-hydrogen) atoms. The predicted octanol–water partition coefficient (Wildman–Crippen LogP) is 2.05. The number of allylic oxidation sites excluding steroid dienone is 1. The van der Waals surface area contributed by atoms with Crippen LogP contribution in [-0.4, -0.2) is 37.8 Å². The van der Waals surface area contributed by atoms with Crippen molar-refractivity contribution in [1.29, 1.82) is 0 Å². The van der Waals surface area contributed by atoms with E-state index in [4.69, 9.17) is 4.18 Å². The Balaban J connectivity index is 1.90. The van der Waals surface area contributed by atoms with Crippen molar-refractivity contribution in [3.8, 4) is 0 Å². The van der Waals surface area contributed by atoms with Gasteiger partial charge in [0.05, 0.1) is 18.5 Å². The van der Waals surface area contributed by atoms with Crippen LogP contribution in [0.25, 0.3) is 0 Å². The summed E-state index contributed by atoms with van der Waals surface area (Å²) in [6, 6.07) is 0. The van der Waals surface area contributed by atoms with Crippen LogP contribution in [0.3, 0.4) is 0 Å². The Bertz CT molecular complexity index is 637. The Morgan fingerprint density at radius 3 is 2.70 bits per heavy atom. The van der Waals surface area contributed by atoms with E-state index in [-0.39, 0.29) is 35.1 Å². The molecule has 0 radical (unpaired) electrons. The first-order chi connectivity index (χ1) is 10.6. The van der Waals surface area contributed by atoms with Gasteiger partial charge in [-0.25, -0.2) is 0 Å². The van der Waals surface area contributed by atoms with Gasteiger partial charge >= 0.3 is 0 Å². The minimum atomic E-state index is -3.48. The van der Waals surface area contributed by atoms with Crippen molar-refractivity contribution in [3.05, 3.63) is 11.6 Å². The third-order valence-corrected chi connectivity index (χ3v) is 7.00. The van der Waals surface area contributed by atoms with Crippen LogP contribution in [0.1, 0.15) is 46.0 Å². The monoisotopic (exact) mass is 342 g/mol. The molecule has 6 heteroatoms. The highest BCUT2D eigenvalue weighted by Gasteiger charge is 2.55. The third kappa shape index (κ3) is 3.01. The van der Waals surface area contributed by atoms with Crippen molar-refractivity contribution < 1.29 is 22.5 Å². The van der Waals surface area contributed by atoms with E-state index in [0.29, 0.717) is 19.3 Å². The summed E-state index contributed by atoms with van der Waals surface area (Å²) in [7, 11) is -3.48. The number of ketones is 1. The fourth-order valence-electron chi connectivity index (χ4n) is 5.27. The number of aliphatic hydroxyl groups is 1. The summed E-state index contributed by atoms with van der Waals surface area (Å²) in [6.45, 7) is 4.28. The van der Waals surface area contributed by atoms with E-state index < -0.39 is 16.2 Å². The molecule has 5 nitrogen and oxygen atoms in total. The third-order valence-electron chi connectivity index (χ3n) is 6.40. The largest absolute Gasteiger partial charge is 0.389 e. The van der Waals surface area contributed by atoms with E-state index in [1.165, 1.54) is 0 Å². The molecular weight excluding hydrogens is 316 g/mol. The highest BCUT2D eigenvalue weighted by atomic mass is 32.2. The van der Waals surface area contributed by atoms with Crippen molar-refractivity contribution in [2.75, 3.05) is 6.26 Å². The van der Waals surface area contributed by atoms with Crippen LogP contribution in [0.2, 0.25) is 0 Å². The standard InChI is InChI=1S/C17H26O5S/c1-10-14-9-15(19)12-8-11(18)4-5-13(12)17(14,2)7-6-16(10)22-23(3,20)21/h8,10,13-16,19H,4-7,9H2,1-3H3/t10-,13-,14-,15+,16-,17+/m0/s1. The summed E-state index contributed by atoms with van der Waals surface area (Å²) in [6.07, 6.45) is 5.32. The molecule has 0 unspecified atom stereocenters. The first-order valence-corrected chi connectivity index (χ1v) is 10.2. The van der Waals surface area contributed by atoms with Crippen molar-refractivity contribution in [3.63, 3.8) is 0 Å². The predicted molar refractivity (Wildman–Crippen MR) is 86.1 cm³/mol. The topological polar surface area (TPSA) is 80.7 Å². The van der Waals surface area contributed by atoms with Crippen LogP contribution in [0.5, 0.6) is 0 Å². The number of carbonyl (C=O) groups is 1. The normalized spacial score (nSPS) is 44.3. The molecule has 2 saturated carbocycles. The quantitative estimate of drug-likeness (QED) is 0.777. The molecule has 3 rings (SSSR count). The summed E-state index contributed by atoms with van der Waals surface area (Å²) in [5, 5.41) is 10.5. The highest BCUT2D eigenvalue weighted by Crippen LogP contribution is 2.59. The summed E-state index contributed by atoms with van der Waals surface area (Å²) in [5.74, 6) is 0.598.